The first-order chi connectivity index (χ1) is 15.6. The van der Waals surface area contributed by atoms with E-state index in [-0.39, 0.29) is 42.6 Å². The molecule has 2 aromatic carbocycles. The maximum absolute atomic E-state index is 13.6. The summed E-state index contributed by atoms with van der Waals surface area (Å²) >= 11 is 0. The summed E-state index contributed by atoms with van der Waals surface area (Å²) < 4.78 is 58.5. The fourth-order valence-electron chi connectivity index (χ4n) is 4.21. The molecule has 33 heavy (non-hydrogen) atoms. The molecule has 1 atom stereocenters. The highest BCUT2D eigenvalue weighted by Crippen LogP contribution is 2.42. The Morgan fingerprint density at radius 3 is 2.48 bits per heavy atom. The Labute approximate surface area is 194 Å². The summed E-state index contributed by atoms with van der Waals surface area (Å²) in [5, 5.41) is 3.07. The topological polar surface area (TPSA) is 75.7 Å². The smallest absolute Gasteiger partial charge is 0.232 e. The van der Waals surface area contributed by atoms with Gasteiger partial charge in [0.05, 0.1) is 18.0 Å². The average Bonchev–Trinajstić information content (AvgIpc) is 2.77. The number of ether oxygens (including phenoxy) is 1. The Morgan fingerprint density at radius 1 is 1.15 bits per heavy atom. The Kier molecular flexibility index (Phi) is 7.62. The predicted octanol–water partition coefficient (Wildman–Crippen LogP) is 4.71. The van der Waals surface area contributed by atoms with Gasteiger partial charge in [-0.15, -0.1) is 0 Å². The molecule has 0 aliphatic carbocycles. The van der Waals surface area contributed by atoms with Crippen molar-refractivity contribution in [3.8, 4) is 5.75 Å². The molecular formula is C24H30F2N2O4S. The number of rotatable bonds is 9. The molecule has 0 saturated carbocycles. The first kappa shape index (κ1) is 25.0. The van der Waals surface area contributed by atoms with Crippen LogP contribution in [0.1, 0.15) is 57.6 Å². The van der Waals surface area contributed by atoms with Crippen LogP contribution in [0.4, 0.5) is 14.5 Å². The maximum Gasteiger partial charge on any atom is 0.232 e. The summed E-state index contributed by atoms with van der Waals surface area (Å²) in [6.07, 6.45) is 3.55. The number of benzene rings is 2. The van der Waals surface area contributed by atoms with Crippen LogP contribution in [-0.4, -0.2) is 32.7 Å². The fourth-order valence-corrected chi connectivity index (χ4v) is 5.16. The van der Waals surface area contributed by atoms with Crippen molar-refractivity contribution in [3.63, 3.8) is 0 Å². The first-order valence-electron chi connectivity index (χ1n) is 11.1. The van der Waals surface area contributed by atoms with Crippen LogP contribution in [0.25, 0.3) is 0 Å². The van der Waals surface area contributed by atoms with E-state index in [2.05, 4.69) is 19.2 Å². The third-order valence-electron chi connectivity index (χ3n) is 6.18. The molecule has 2 aromatic rings. The summed E-state index contributed by atoms with van der Waals surface area (Å²) in [6, 6.07) is 10.3. The number of carbonyl (C=O) groups excluding carboxylic acids is 1. The van der Waals surface area contributed by atoms with E-state index in [1.807, 2.05) is 24.3 Å². The second kappa shape index (κ2) is 10.1. The molecule has 1 unspecified atom stereocenters. The van der Waals surface area contributed by atoms with Crippen molar-refractivity contribution in [2.45, 2.75) is 57.6 Å². The molecule has 1 aliphatic heterocycles. The van der Waals surface area contributed by atoms with Crippen LogP contribution in [0.5, 0.6) is 5.75 Å². The molecule has 3 rings (SSSR count). The van der Waals surface area contributed by atoms with Gasteiger partial charge < -0.3 is 10.1 Å². The molecule has 1 N–H and O–H groups in total. The quantitative estimate of drug-likeness (QED) is 0.564. The minimum absolute atomic E-state index is 0.0193. The second-order valence-corrected chi connectivity index (χ2v) is 10.3. The van der Waals surface area contributed by atoms with Crippen LogP contribution in [0.2, 0.25) is 0 Å². The van der Waals surface area contributed by atoms with Crippen molar-refractivity contribution in [2.75, 3.05) is 17.1 Å². The van der Waals surface area contributed by atoms with Crippen molar-refractivity contribution in [3.05, 3.63) is 59.7 Å². The van der Waals surface area contributed by atoms with Crippen molar-refractivity contribution >= 4 is 21.6 Å². The molecule has 0 aromatic heterocycles. The minimum atomic E-state index is -3.74. The fraction of sp³-hybridized carbons (Fsp3) is 0.458. The van der Waals surface area contributed by atoms with E-state index < -0.39 is 21.7 Å². The van der Waals surface area contributed by atoms with Crippen LogP contribution >= 0.6 is 0 Å². The third-order valence-corrected chi connectivity index (χ3v) is 7.37. The number of para-hydroxylation sites is 1. The van der Waals surface area contributed by atoms with Gasteiger partial charge in [0.1, 0.15) is 11.4 Å². The second-order valence-electron chi connectivity index (χ2n) is 8.39. The molecule has 0 spiro atoms. The van der Waals surface area contributed by atoms with Crippen molar-refractivity contribution in [2.24, 2.45) is 0 Å². The number of carbonyl (C=O) groups is 1. The van der Waals surface area contributed by atoms with Crippen molar-refractivity contribution < 1.29 is 26.7 Å². The Balaban J connectivity index is 1.67. The van der Waals surface area contributed by atoms with Crippen LogP contribution in [-0.2, 0) is 14.8 Å². The van der Waals surface area contributed by atoms with Crippen LogP contribution in [0, 0.1) is 11.6 Å². The number of fused-ring (bicyclic) bond motifs is 1. The Bertz CT molecular complexity index is 1100. The molecule has 0 bridgehead atoms. The zero-order valence-corrected chi connectivity index (χ0v) is 19.9. The summed E-state index contributed by atoms with van der Waals surface area (Å²) in [7, 11) is -3.74. The number of amides is 1. The van der Waals surface area contributed by atoms with Gasteiger partial charge >= 0.3 is 0 Å². The Morgan fingerprint density at radius 2 is 1.85 bits per heavy atom. The van der Waals surface area contributed by atoms with E-state index in [0.29, 0.717) is 6.42 Å². The third kappa shape index (κ3) is 5.82. The van der Waals surface area contributed by atoms with Crippen LogP contribution in [0.15, 0.2) is 42.5 Å². The highest BCUT2D eigenvalue weighted by molar-refractivity contribution is 7.92. The Hall–Kier alpha value is -2.68. The number of sulfonamides is 1. The number of hydrogen-bond donors (Lipinski definition) is 1. The molecule has 0 fully saturated rings. The van der Waals surface area contributed by atoms with E-state index in [1.165, 1.54) is 6.07 Å². The van der Waals surface area contributed by atoms with Gasteiger partial charge in [-0.3, -0.25) is 9.10 Å². The van der Waals surface area contributed by atoms with Gasteiger partial charge in [0.2, 0.25) is 15.9 Å². The molecule has 0 saturated heterocycles. The summed E-state index contributed by atoms with van der Waals surface area (Å²) in [5.74, 6) is -1.64. The molecule has 1 aliphatic rings. The van der Waals surface area contributed by atoms with Gasteiger partial charge in [-0.2, -0.15) is 0 Å². The van der Waals surface area contributed by atoms with E-state index in [9.17, 15) is 22.0 Å². The van der Waals surface area contributed by atoms with Gasteiger partial charge in [-0.05, 0) is 37.5 Å². The van der Waals surface area contributed by atoms with Crippen molar-refractivity contribution in [1.29, 1.82) is 0 Å². The van der Waals surface area contributed by atoms with Gasteiger partial charge in [-0.1, -0.05) is 32.0 Å². The summed E-state index contributed by atoms with van der Waals surface area (Å²) in [6.45, 7) is 4.10. The van der Waals surface area contributed by atoms with Gasteiger partial charge in [0, 0.05) is 31.0 Å². The number of nitrogens with one attached hydrogen (secondary N) is 1. The first-order valence-corrected chi connectivity index (χ1v) is 12.9. The number of halogens is 2. The zero-order chi connectivity index (χ0) is 24.2. The molecule has 180 valence electrons. The average molecular weight is 481 g/mol. The molecule has 1 heterocycles. The lowest BCUT2D eigenvalue weighted by Crippen LogP contribution is -2.44. The standard InChI is InChI=1S/C24H30F2N2O4S/c1-4-24(5-2)16-21(18-9-6-7-10-22(18)32-24)27-23(29)11-8-14-28(33(3,30)31)17-12-13-19(25)20(26)15-17/h6-7,9-10,12-13,15,21H,4-5,8,11,14,16H2,1-3H3,(H,27,29). The normalized spacial score (nSPS) is 17.1. The number of hydrogen-bond acceptors (Lipinski definition) is 4. The predicted molar refractivity (Wildman–Crippen MR) is 124 cm³/mol. The van der Waals surface area contributed by atoms with Crippen LogP contribution < -0.4 is 14.4 Å². The van der Waals surface area contributed by atoms with E-state index in [0.717, 1.165) is 46.8 Å². The van der Waals surface area contributed by atoms with Gasteiger partial charge in [0.25, 0.3) is 0 Å². The lowest BCUT2D eigenvalue weighted by Gasteiger charge is -2.41. The summed E-state index contributed by atoms with van der Waals surface area (Å²) in [4.78, 5) is 12.7. The van der Waals surface area contributed by atoms with Crippen LogP contribution in [0.3, 0.4) is 0 Å². The number of nitrogens with zero attached hydrogens (tertiary/aromatic N) is 1. The van der Waals surface area contributed by atoms with E-state index >= 15 is 0 Å². The lowest BCUT2D eigenvalue weighted by atomic mass is 9.83. The SMILES string of the molecule is CCC1(CC)CC(NC(=O)CCCN(c2ccc(F)c(F)c2)S(C)(=O)=O)c2ccccc2O1. The maximum atomic E-state index is 13.6. The van der Waals surface area contributed by atoms with Gasteiger partial charge in [0.15, 0.2) is 11.6 Å². The minimum Gasteiger partial charge on any atom is -0.487 e. The lowest BCUT2D eigenvalue weighted by molar-refractivity contribution is -0.122. The summed E-state index contributed by atoms with van der Waals surface area (Å²) in [5.41, 5.74) is 0.584. The monoisotopic (exact) mass is 480 g/mol. The zero-order valence-electron chi connectivity index (χ0n) is 19.1. The molecule has 9 heteroatoms. The van der Waals surface area contributed by atoms with E-state index in [1.54, 1.807) is 0 Å². The molecular weight excluding hydrogens is 450 g/mol. The highest BCUT2D eigenvalue weighted by Gasteiger charge is 2.38. The molecule has 0 radical (unpaired) electrons. The van der Waals surface area contributed by atoms with E-state index in [4.69, 9.17) is 4.74 Å². The molecule has 1 amide bonds. The molecule has 6 nitrogen and oxygen atoms in total. The van der Waals surface area contributed by atoms with Crippen molar-refractivity contribution in [1.82, 2.24) is 5.32 Å². The number of anilines is 1. The largest absolute Gasteiger partial charge is 0.487 e. The highest BCUT2D eigenvalue weighted by atomic mass is 32.2. The van der Waals surface area contributed by atoms with Gasteiger partial charge in [-0.25, -0.2) is 17.2 Å².